The Bertz CT molecular complexity index is 1330. The molecule has 3 atom stereocenters. The first kappa shape index (κ1) is 24.1. The lowest BCUT2D eigenvalue weighted by Gasteiger charge is -2.45. The number of carbonyl (C=O) groups excluding carboxylic acids is 4. The highest BCUT2D eigenvalue weighted by Gasteiger charge is 2.63. The van der Waals surface area contributed by atoms with E-state index in [1.54, 1.807) is 38.1 Å². The van der Waals surface area contributed by atoms with Crippen molar-refractivity contribution in [1.29, 1.82) is 0 Å². The van der Waals surface area contributed by atoms with Gasteiger partial charge in [0.05, 0.1) is 11.8 Å². The van der Waals surface area contributed by atoms with Crippen molar-refractivity contribution in [3.63, 3.8) is 0 Å². The third kappa shape index (κ3) is 3.64. The highest BCUT2D eigenvalue weighted by atomic mass is 16.5. The highest BCUT2D eigenvalue weighted by Crippen LogP contribution is 2.61. The number of esters is 1. The molecule has 1 saturated heterocycles. The number of hydrogen-bond acceptors (Lipinski definition) is 5. The van der Waals surface area contributed by atoms with Gasteiger partial charge in [-0.1, -0.05) is 80.6 Å². The Morgan fingerprint density at radius 2 is 1.21 bits per heavy atom. The van der Waals surface area contributed by atoms with Crippen molar-refractivity contribution in [2.45, 2.75) is 31.7 Å². The van der Waals surface area contributed by atoms with E-state index in [1.165, 1.54) is 0 Å². The molecular weight excluding hydrogens is 480 g/mol. The van der Waals surface area contributed by atoms with Gasteiger partial charge < -0.3 is 10.1 Å². The Kier molecular flexibility index (Phi) is 5.86. The lowest BCUT2D eigenvalue weighted by molar-refractivity contribution is -0.162. The minimum Gasteiger partial charge on any atom is -0.454 e. The number of anilines is 1. The van der Waals surface area contributed by atoms with Crippen molar-refractivity contribution >= 4 is 29.4 Å². The van der Waals surface area contributed by atoms with Gasteiger partial charge in [0.25, 0.3) is 5.91 Å². The third-order valence-corrected chi connectivity index (χ3v) is 8.04. The smallest absolute Gasteiger partial charge is 0.330 e. The molecule has 1 heterocycles. The SMILES string of the molecule is CC(C)[C@H](C(=O)OCC(=O)Nc1ccccc1)N1C(=O)[C@@H]2C3c4ccccc4C(c4ccccc43)[C@H]2C1=O. The van der Waals surface area contributed by atoms with Crippen molar-refractivity contribution in [1.82, 2.24) is 4.90 Å². The number of likely N-dealkylation sites (tertiary alicyclic amines) is 1. The Balaban J connectivity index is 1.28. The van der Waals surface area contributed by atoms with Gasteiger partial charge in [-0.25, -0.2) is 4.79 Å². The summed E-state index contributed by atoms with van der Waals surface area (Å²) < 4.78 is 5.36. The molecule has 7 heteroatoms. The van der Waals surface area contributed by atoms with E-state index < -0.39 is 42.3 Å². The maximum atomic E-state index is 14.0. The second kappa shape index (κ2) is 9.24. The largest absolute Gasteiger partial charge is 0.454 e. The van der Waals surface area contributed by atoms with Gasteiger partial charge in [0, 0.05) is 17.5 Å². The summed E-state index contributed by atoms with van der Waals surface area (Å²) in [6.45, 7) is 3.04. The van der Waals surface area contributed by atoms with Crippen LogP contribution in [-0.2, 0) is 23.9 Å². The fourth-order valence-electron chi connectivity index (χ4n) is 6.59. The summed E-state index contributed by atoms with van der Waals surface area (Å²) in [7, 11) is 0. The highest BCUT2D eigenvalue weighted by molar-refractivity contribution is 6.10. The molecule has 1 N–H and O–H groups in total. The molecule has 7 nitrogen and oxygen atoms in total. The second-order valence-corrected chi connectivity index (χ2v) is 10.5. The topological polar surface area (TPSA) is 92.8 Å². The monoisotopic (exact) mass is 508 g/mol. The maximum absolute atomic E-state index is 14.0. The standard InChI is InChI=1S/C31H28N2O5/c1-17(2)28(31(37)38-16-23(34)32-18-10-4-3-5-11-18)33-29(35)26-24-19-12-6-7-13-20(19)25(27(26)30(33)36)22-15-9-8-14-21(22)24/h3-15,17,24-28H,16H2,1-2H3,(H,32,34)/t24?,25?,26-,27-,28-/m1/s1. The number of ether oxygens (including phenoxy) is 1. The predicted octanol–water partition coefficient (Wildman–Crippen LogP) is 4.09. The second-order valence-electron chi connectivity index (χ2n) is 10.5. The molecule has 0 unspecified atom stereocenters. The van der Waals surface area contributed by atoms with Crippen LogP contribution >= 0.6 is 0 Å². The number of hydrogen-bond donors (Lipinski definition) is 1. The summed E-state index contributed by atoms with van der Waals surface area (Å²) in [5.41, 5.74) is 4.87. The predicted molar refractivity (Wildman–Crippen MR) is 140 cm³/mol. The summed E-state index contributed by atoms with van der Waals surface area (Å²) >= 11 is 0. The van der Waals surface area contributed by atoms with Crippen LogP contribution in [0.3, 0.4) is 0 Å². The van der Waals surface area contributed by atoms with E-state index >= 15 is 0 Å². The molecule has 0 aromatic heterocycles. The van der Waals surface area contributed by atoms with Crippen molar-refractivity contribution in [2.75, 3.05) is 11.9 Å². The number of amides is 3. The molecule has 1 fully saturated rings. The Hall–Kier alpha value is -4.26. The molecule has 2 bridgehead atoms. The first-order valence-corrected chi connectivity index (χ1v) is 12.9. The Morgan fingerprint density at radius 1 is 0.763 bits per heavy atom. The quantitative estimate of drug-likeness (QED) is 0.400. The molecule has 0 saturated carbocycles. The van der Waals surface area contributed by atoms with Crippen molar-refractivity contribution < 1.29 is 23.9 Å². The molecule has 38 heavy (non-hydrogen) atoms. The van der Waals surface area contributed by atoms with E-state index in [0.29, 0.717) is 5.69 Å². The minimum atomic E-state index is -1.12. The van der Waals surface area contributed by atoms with E-state index in [0.717, 1.165) is 27.2 Å². The fourth-order valence-corrected chi connectivity index (χ4v) is 6.59. The van der Waals surface area contributed by atoms with E-state index in [-0.39, 0.29) is 23.7 Å². The number of nitrogens with one attached hydrogen (secondary N) is 1. The molecular formula is C31H28N2O5. The van der Waals surface area contributed by atoms with Crippen LogP contribution in [0.5, 0.6) is 0 Å². The summed E-state index contributed by atoms with van der Waals surface area (Å²) in [6, 6.07) is 23.7. The van der Waals surface area contributed by atoms with Gasteiger partial charge in [-0.2, -0.15) is 0 Å². The van der Waals surface area contributed by atoms with Gasteiger partial charge in [-0.3, -0.25) is 19.3 Å². The lowest BCUT2D eigenvalue weighted by Crippen LogP contribution is -2.49. The van der Waals surface area contributed by atoms with Crippen LogP contribution in [0, 0.1) is 17.8 Å². The Morgan fingerprint density at radius 3 is 1.66 bits per heavy atom. The first-order chi connectivity index (χ1) is 18.4. The van der Waals surface area contributed by atoms with Crippen molar-refractivity contribution in [3.8, 4) is 0 Å². The average molecular weight is 509 g/mol. The van der Waals surface area contributed by atoms with Crippen LogP contribution in [0.25, 0.3) is 0 Å². The number of imide groups is 1. The summed E-state index contributed by atoms with van der Waals surface area (Å²) in [6.07, 6.45) is 0. The summed E-state index contributed by atoms with van der Waals surface area (Å²) in [5.74, 6) is -3.99. The van der Waals surface area contributed by atoms with Gasteiger partial charge in [-0.15, -0.1) is 0 Å². The zero-order chi connectivity index (χ0) is 26.6. The van der Waals surface area contributed by atoms with E-state index in [2.05, 4.69) is 5.32 Å². The van der Waals surface area contributed by atoms with Crippen LogP contribution < -0.4 is 5.32 Å². The molecule has 3 amide bonds. The van der Waals surface area contributed by atoms with Crippen molar-refractivity contribution in [2.24, 2.45) is 17.8 Å². The van der Waals surface area contributed by atoms with E-state index in [1.807, 2.05) is 54.6 Å². The van der Waals surface area contributed by atoms with Crippen LogP contribution in [-0.4, -0.2) is 41.2 Å². The molecule has 3 aliphatic carbocycles. The zero-order valence-corrected chi connectivity index (χ0v) is 21.2. The number of nitrogens with zero attached hydrogens (tertiary/aromatic N) is 1. The van der Waals surface area contributed by atoms with Crippen LogP contribution in [0.1, 0.15) is 47.9 Å². The number of para-hydroxylation sites is 1. The summed E-state index contributed by atoms with van der Waals surface area (Å²) in [5, 5.41) is 2.67. The molecule has 4 aliphatic rings. The molecule has 0 radical (unpaired) electrons. The van der Waals surface area contributed by atoms with Gasteiger partial charge in [-0.05, 0) is 40.3 Å². The number of carbonyl (C=O) groups is 4. The van der Waals surface area contributed by atoms with E-state index in [4.69, 9.17) is 4.74 Å². The zero-order valence-electron chi connectivity index (χ0n) is 21.2. The maximum Gasteiger partial charge on any atom is 0.330 e. The first-order valence-electron chi connectivity index (χ1n) is 12.9. The van der Waals surface area contributed by atoms with Gasteiger partial charge in [0.1, 0.15) is 6.04 Å². The molecule has 192 valence electrons. The van der Waals surface area contributed by atoms with Gasteiger partial charge in [0.15, 0.2) is 6.61 Å². The normalized spacial score (nSPS) is 23.5. The molecule has 3 aromatic carbocycles. The number of benzene rings is 3. The minimum absolute atomic E-state index is 0.251. The Labute approximate surface area is 220 Å². The van der Waals surface area contributed by atoms with Crippen molar-refractivity contribution in [3.05, 3.63) is 101 Å². The molecule has 1 aliphatic heterocycles. The fraction of sp³-hybridized carbons (Fsp3) is 0.290. The van der Waals surface area contributed by atoms with Crippen LogP contribution in [0.2, 0.25) is 0 Å². The molecule has 7 rings (SSSR count). The summed E-state index contributed by atoms with van der Waals surface area (Å²) in [4.78, 5) is 54.8. The third-order valence-electron chi connectivity index (χ3n) is 8.04. The van der Waals surface area contributed by atoms with Crippen LogP contribution in [0.15, 0.2) is 78.9 Å². The van der Waals surface area contributed by atoms with E-state index in [9.17, 15) is 19.2 Å². The van der Waals surface area contributed by atoms with Gasteiger partial charge in [0.2, 0.25) is 11.8 Å². The average Bonchev–Trinajstić information content (AvgIpc) is 3.18. The lowest BCUT2D eigenvalue weighted by atomic mass is 9.55. The molecule has 0 spiro atoms. The number of rotatable bonds is 6. The molecule has 3 aromatic rings. The van der Waals surface area contributed by atoms with Crippen LogP contribution in [0.4, 0.5) is 5.69 Å². The van der Waals surface area contributed by atoms with Gasteiger partial charge >= 0.3 is 5.97 Å².